The van der Waals surface area contributed by atoms with Crippen LogP contribution in [-0.2, 0) is 10.0 Å². The quantitative estimate of drug-likeness (QED) is 0.616. The van der Waals surface area contributed by atoms with E-state index < -0.39 is 10.0 Å². The highest BCUT2D eigenvalue weighted by Gasteiger charge is 2.21. The van der Waals surface area contributed by atoms with Gasteiger partial charge in [0.2, 0.25) is 0 Å². The van der Waals surface area contributed by atoms with Crippen molar-refractivity contribution in [2.24, 2.45) is 0 Å². The van der Waals surface area contributed by atoms with Gasteiger partial charge in [-0.15, -0.1) is 0 Å². The van der Waals surface area contributed by atoms with Crippen molar-refractivity contribution < 1.29 is 12.9 Å². The largest absolute Gasteiger partial charge is 0.352 e. The van der Waals surface area contributed by atoms with Gasteiger partial charge in [-0.25, -0.2) is 8.42 Å². The Hall–Kier alpha value is -3.00. The maximum Gasteiger partial charge on any atom is 0.265 e. The molecule has 3 heterocycles. The third-order valence-electron chi connectivity index (χ3n) is 3.61. The van der Waals surface area contributed by atoms with Crippen LogP contribution in [0.25, 0.3) is 21.9 Å². The summed E-state index contributed by atoms with van der Waals surface area (Å²) < 4.78 is 33.1. The summed E-state index contributed by atoms with van der Waals surface area (Å²) in [6.45, 7) is 1.90. The van der Waals surface area contributed by atoms with Crippen LogP contribution in [0.2, 0.25) is 0 Å². The Balaban J connectivity index is 1.84. The van der Waals surface area contributed by atoms with Crippen LogP contribution in [0.1, 0.15) is 5.56 Å². The highest BCUT2D eigenvalue weighted by atomic mass is 32.2. The number of nitrogens with zero attached hydrogens (tertiary/aromatic N) is 3. The number of hydrogen-bond acceptors (Lipinski definition) is 6. The summed E-state index contributed by atoms with van der Waals surface area (Å²) in [5.41, 5.74) is 1.77. The smallest absolute Gasteiger partial charge is 0.265 e. The lowest BCUT2D eigenvalue weighted by Crippen LogP contribution is -2.14. The topological polar surface area (TPSA) is 98.0 Å². The lowest BCUT2D eigenvalue weighted by molar-refractivity contribution is 0.459. The Kier molecular flexibility index (Phi) is 3.20. The summed E-state index contributed by atoms with van der Waals surface area (Å²) in [5, 5.41) is 5.07. The van der Waals surface area contributed by atoms with E-state index in [1.54, 1.807) is 24.5 Å². The lowest BCUT2D eigenvalue weighted by atomic mass is 10.2. The zero-order valence-corrected chi connectivity index (χ0v) is 13.4. The first-order chi connectivity index (χ1) is 11.5. The van der Waals surface area contributed by atoms with E-state index in [-0.39, 0.29) is 10.7 Å². The van der Waals surface area contributed by atoms with Crippen LogP contribution in [0.4, 0.5) is 5.82 Å². The van der Waals surface area contributed by atoms with E-state index in [1.165, 1.54) is 12.3 Å². The number of sulfonamides is 1. The zero-order valence-electron chi connectivity index (χ0n) is 12.6. The number of aryl methyl sites for hydroxylation is 1. The van der Waals surface area contributed by atoms with E-state index in [0.29, 0.717) is 16.5 Å². The first kappa shape index (κ1) is 14.6. The van der Waals surface area contributed by atoms with Crippen molar-refractivity contribution in [3.8, 4) is 0 Å². The fraction of sp³-hybridized carbons (Fsp3) is 0.0625. The Morgan fingerprint density at radius 2 is 2.04 bits per heavy atom. The van der Waals surface area contributed by atoms with Crippen molar-refractivity contribution in [2.45, 2.75) is 11.8 Å². The van der Waals surface area contributed by atoms with Crippen molar-refractivity contribution in [2.75, 3.05) is 4.72 Å². The van der Waals surface area contributed by atoms with E-state index in [1.807, 2.05) is 19.1 Å². The van der Waals surface area contributed by atoms with Gasteiger partial charge in [0.25, 0.3) is 10.0 Å². The molecule has 0 aliphatic rings. The molecule has 0 radical (unpaired) electrons. The molecule has 4 rings (SSSR count). The number of nitrogens with one attached hydrogen (secondary N) is 1. The molecule has 4 aromatic rings. The molecule has 1 aromatic carbocycles. The van der Waals surface area contributed by atoms with E-state index >= 15 is 0 Å². The molecule has 24 heavy (non-hydrogen) atoms. The molecular weight excluding hydrogens is 328 g/mol. The number of rotatable bonds is 3. The molecular formula is C16H12N4O3S. The maximum absolute atomic E-state index is 12.8. The molecule has 0 unspecified atom stereocenters. The predicted molar refractivity (Wildman–Crippen MR) is 89.1 cm³/mol. The van der Waals surface area contributed by atoms with Crippen molar-refractivity contribution in [1.29, 1.82) is 0 Å². The summed E-state index contributed by atoms with van der Waals surface area (Å²) in [4.78, 5) is 8.26. The Morgan fingerprint density at radius 3 is 2.92 bits per heavy atom. The summed E-state index contributed by atoms with van der Waals surface area (Å²) in [7, 11) is -3.87. The van der Waals surface area contributed by atoms with Crippen molar-refractivity contribution >= 4 is 37.7 Å². The van der Waals surface area contributed by atoms with Crippen LogP contribution in [0.5, 0.6) is 0 Å². The van der Waals surface area contributed by atoms with Crippen molar-refractivity contribution in [3.63, 3.8) is 0 Å². The van der Waals surface area contributed by atoms with Gasteiger partial charge in [-0.05, 0) is 30.7 Å². The fourth-order valence-electron chi connectivity index (χ4n) is 2.51. The van der Waals surface area contributed by atoms with Crippen LogP contribution in [-0.4, -0.2) is 23.5 Å². The Labute approximate surface area is 137 Å². The summed E-state index contributed by atoms with van der Waals surface area (Å²) >= 11 is 0. The van der Waals surface area contributed by atoms with Gasteiger partial charge in [-0.3, -0.25) is 14.7 Å². The first-order valence-electron chi connectivity index (χ1n) is 7.12. The van der Waals surface area contributed by atoms with Crippen LogP contribution in [0.15, 0.2) is 58.3 Å². The summed E-state index contributed by atoms with van der Waals surface area (Å²) in [6, 6.07) is 8.54. The molecule has 0 aliphatic heterocycles. The SMILES string of the molecule is Cc1cnc2c(S(=O)(=O)Nc3noc4cnccc34)cccc2c1. The number of pyridine rings is 2. The second kappa shape index (κ2) is 5.27. The fourth-order valence-corrected chi connectivity index (χ4v) is 3.70. The van der Waals surface area contributed by atoms with E-state index in [4.69, 9.17) is 4.52 Å². The highest BCUT2D eigenvalue weighted by Crippen LogP contribution is 2.27. The number of anilines is 1. The molecule has 0 aliphatic carbocycles. The zero-order chi connectivity index (χ0) is 16.7. The average molecular weight is 340 g/mol. The molecule has 0 bridgehead atoms. The van der Waals surface area contributed by atoms with Crippen LogP contribution < -0.4 is 4.72 Å². The molecule has 3 aromatic heterocycles. The number of fused-ring (bicyclic) bond motifs is 2. The average Bonchev–Trinajstić information content (AvgIpc) is 2.96. The van der Waals surface area contributed by atoms with Crippen molar-refractivity contribution in [3.05, 3.63) is 54.5 Å². The summed E-state index contributed by atoms with van der Waals surface area (Å²) in [6.07, 6.45) is 4.65. The lowest BCUT2D eigenvalue weighted by Gasteiger charge is -2.08. The molecule has 0 saturated heterocycles. The molecule has 0 spiro atoms. The van der Waals surface area contributed by atoms with Gasteiger partial charge in [0.05, 0.1) is 17.1 Å². The summed E-state index contributed by atoms with van der Waals surface area (Å²) in [5.74, 6) is 0.122. The molecule has 0 saturated carbocycles. The molecule has 120 valence electrons. The number of para-hydroxylation sites is 1. The maximum atomic E-state index is 12.8. The van der Waals surface area contributed by atoms with E-state index in [9.17, 15) is 8.42 Å². The minimum Gasteiger partial charge on any atom is -0.352 e. The third-order valence-corrected chi connectivity index (χ3v) is 4.98. The third kappa shape index (κ3) is 2.37. The molecule has 0 amide bonds. The molecule has 8 heteroatoms. The second-order valence-electron chi connectivity index (χ2n) is 5.35. The van der Waals surface area contributed by atoms with Gasteiger partial charge in [0.15, 0.2) is 11.4 Å². The van der Waals surface area contributed by atoms with Crippen LogP contribution >= 0.6 is 0 Å². The van der Waals surface area contributed by atoms with Crippen LogP contribution in [0, 0.1) is 6.92 Å². The normalized spacial score (nSPS) is 11.9. The van der Waals surface area contributed by atoms with Gasteiger partial charge in [-0.2, -0.15) is 0 Å². The van der Waals surface area contributed by atoms with E-state index in [0.717, 1.165) is 10.9 Å². The van der Waals surface area contributed by atoms with Gasteiger partial charge in [0, 0.05) is 17.8 Å². The minimum absolute atomic E-state index is 0.0882. The first-order valence-corrected chi connectivity index (χ1v) is 8.60. The van der Waals surface area contributed by atoms with Gasteiger partial charge < -0.3 is 4.52 Å². The highest BCUT2D eigenvalue weighted by molar-refractivity contribution is 7.93. The Morgan fingerprint density at radius 1 is 1.17 bits per heavy atom. The van der Waals surface area contributed by atoms with Crippen LogP contribution in [0.3, 0.4) is 0 Å². The van der Waals surface area contributed by atoms with Gasteiger partial charge >= 0.3 is 0 Å². The standard InChI is InChI=1S/C16H12N4O3S/c1-10-7-11-3-2-4-14(15(11)18-8-10)24(21,22)20-16-12-5-6-17-9-13(12)23-19-16/h2-9H,1H3,(H,19,20). The molecule has 0 atom stereocenters. The Bertz CT molecular complexity index is 1170. The van der Waals surface area contributed by atoms with Crippen molar-refractivity contribution in [1.82, 2.24) is 15.1 Å². The van der Waals surface area contributed by atoms with Gasteiger partial charge in [-0.1, -0.05) is 17.3 Å². The second-order valence-corrected chi connectivity index (χ2v) is 7.00. The minimum atomic E-state index is -3.87. The molecule has 1 N–H and O–H groups in total. The monoisotopic (exact) mass is 340 g/mol. The number of benzene rings is 1. The molecule has 7 nitrogen and oxygen atoms in total. The van der Waals surface area contributed by atoms with Gasteiger partial charge in [0.1, 0.15) is 4.90 Å². The number of aromatic nitrogens is 3. The number of hydrogen-bond donors (Lipinski definition) is 1. The van der Waals surface area contributed by atoms with E-state index in [2.05, 4.69) is 19.8 Å². The molecule has 0 fully saturated rings. The predicted octanol–water partition coefficient (Wildman–Crippen LogP) is 2.88.